The lowest BCUT2D eigenvalue weighted by molar-refractivity contribution is -0.126. The molecule has 1 saturated heterocycles. The summed E-state index contributed by atoms with van der Waals surface area (Å²) in [6, 6.07) is 0. The zero-order chi connectivity index (χ0) is 11.7. The van der Waals surface area contributed by atoms with E-state index in [4.69, 9.17) is 0 Å². The van der Waals surface area contributed by atoms with Gasteiger partial charge in [0.1, 0.15) is 0 Å². The van der Waals surface area contributed by atoms with Gasteiger partial charge >= 0.3 is 0 Å². The van der Waals surface area contributed by atoms with Gasteiger partial charge in [0.2, 0.25) is 5.91 Å². The largest absolute Gasteiger partial charge is 0.356 e. The first kappa shape index (κ1) is 11.5. The summed E-state index contributed by atoms with van der Waals surface area (Å²) in [6.07, 6.45) is 7.61. The van der Waals surface area contributed by atoms with E-state index in [0.717, 1.165) is 25.6 Å². The summed E-state index contributed by atoms with van der Waals surface area (Å²) in [6.45, 7) is 3.15. The SMILES string of the molecule is O=C(NCC1CCNCC1)C1CC2CCC1C2. The molecule has 0 aromatic carbocycles. The van der Waals surface area contributed by atoms with Gasteiger partial charge < -0.3 is 10.6 Å². The van der Waals surface area contributed by atoms with Crippen LogP contribution in [0, 0.1) is 23.7 Å². The van der Waals surface area contributed by atoms with Gasteiger partial charge in [-0.15, -0.1) is 0 Å². The molecule has 3 heteroatoms. The summed E-state index contributed by atoms with van der Waals surface area (Å²) in [5.74, 6) is 3.01. The lowest BCUT2D eigenvalue weighted by atomic mass is 9.88. The standard InChI is InChI=1S/C14H24N2O/c17-14(13-8-11-1-2-12(13)7-11)16-9-10-3-5-15-6-4-10/h10-13,15H,1-9H2,(H,16,17). The molecule has 3 aliphatic rings. The molecule has 0 aromatic rings. The topological polar surface area (TPSA) is 41.1 Å². The first-order chi connectivity index (χ1) is 8.33. The zero-order valence-corrected chi connectivity index (χ0v) is 10.6. The average Bonchev–Trinajstić information content (AvgIpc) is 2.99. The van der Waals surface area contributed by atoms with Crippen molar-refractivity contribution in [2.45, 2.75) is 38.5 Å². The maximum absolute atomic E-state index is 12.2. The number of hydrogen-bond donors (Lipinski definition) is 2. The number of fused-ring (bicyclic) bond motifs is 2. The van der Waals surface area contributed by atoms with Gasteiger partial charge in [0.05, 0.1) is 0 Å². The number of rotatable bonds is 3. The Kier molecular flexibility index (Phi) is 3.37. The predicted octanol–water partition coefficient (Wildman–Crippen LogP) is 1.54. The molecule has 0 spiro atoms. The molecule has 2 bridgehead atoms. The second-order valence-electron chi connectivity index (χ2n) is 6.22. The van der Waals surface area contributed by atoms with Crippen LogP contribution in [0.5, 0.6) is 0 Å². The monoisotopic (exact) mass is 236 g/mol. The molecule has 2 N–H and O–H groups in total. The maximum Gasteiger partial charge on any atom is 0.223 e. The highest BCUT2D eigenvalue weighted by atomic mass is 16.1. The smallest absolute Gasteiger partial charge is 0.223 e. The Morgan fingerprint density at radius 2 is 1.94 bits per heavy atom. The molecule has 0 aromatic heterocycles. The second-order valence-corrected chi connectivity index (χ2v) is 6.22. The minimum Gasteiger partial charge on any atom is -0.356 e. The fourth-order valence-corrected chi connectivity index (χ4v) is 4.03. The second kappa shape index (κ2) is 4.97. The highest BCUT2D eigenvalue weighted by Gasteiger charge is 2.42. The zero-order valence-electron chi connectivity index (χ0n) is 10.6. The lowest BCUT2D eigenvalue weighted by Crippen LogP contribution is -2.39. The highest BCUT2D eigenvalue weighted by molar-refractivity contribution is 5.79. The summed E-state index contributed by atoms with van der Waals surface area (Å²) in [5.41, 5.74) is 0. The van der Waals surface area contributed by atoms with Gasteiger partial charge in [-0.25, -0.2) is 0 Å². The van der Waals surface area contributed by atoms with Gasteiger partial charge in [0.15, 0.2) is 0 Å². The van der Waals surface area contributed by atoms with Crippen LogP contribution in [-0.4, -0.2) is 25.5 Å². The molecule has 2 aliphatic carbocycles. The van der Waals surface area contributed by atoms with Crippen LogP contribution in [0.15, 0.2) is 0 Å². The maximum atomic E-state index is 12.2. The molecule has 1 amide bonds. The normalized spacial score (nSPS) is 37.3. The van der Waals surface area contributed by atoms with E-state index in [2.05, 4.69) is 10.6 Å². The molecule has 3 nitrogen and oxygen atoms in total. The van der Waals surface area contributed by atoms with Gasteiger partial charge in [-0.1, -0.05) is 6.42 Å². The number of piperidine rings is 1. The van der Waals surface area contributed by atoms with E-state index in [1.807, 2.05) is 0 Å². The van der Waals surface area contributed by atoms with Crippen molar-refractivity contribution in [1.82, 2.24) is 10.6 Å². The van der Waals surface area contributed by atoms with Crippen molar-refractivity contribution in [1.29, 1.82) is 0 Å². The number of nitrogens with one attached hydrogen (secondary N) is 2. The van der Waals surface area contributed by atoms with E-state index in [9.17, 15) is 4.79 Å². The third-order valence-electron chi connectivity index (χ3n) is 5.10. The first-order valence-electron chi connectivity index (χ1n) is 7.31. The third-order valence-corrected chi connectivity index (χ3v) is 5.10. The van der Waals surface area contributed by atoms with Crippen LogP contribution in [0.3, 0.4) is 0 Å². The highest BCUT2D eigenvalue weighted by Crippen LogP contribution is 2.48. The van der Waals surface area contributed by atoms with Crippen LogP contribution >= 0.6 is 0 Å². The van der Waals surface area contributed by atoms with Gasteiger partial charge in [-0.2, -0.15) is 0 Å². The Labute approximate surface area is 104 Å². The number of carbonyl (C=O) groups excluding carboxylic acids is 1. The molecule has 3 fully saturated rings. The van der Waals surface area contributed by atoms with Gasteiger partial charge in [0.25, 0.3) is 0 Å². The molecule has 96 valence electrons. The van der Waals surface area contributed by atoms with Crippen LogP contribution in [0.25, 0.3) is 0 Å². The average molecular weight is 236 g/mol. The fourth-order valence-electron chi connectivity index (χ4n) is 4.03. The van der Waals surface area contributed by atoms with Crippen molar-refractivity contribution < 1.29 is 4.79 Å². The molecule has 3 rings (SSSR count). The number of amides is 1. The third kappa shape index (κ3) is 2.49. The van der Waals surface area contributed by atoms with Crippen molar-refractivity contribution >= 4 is 5.91 Å². The van der Waals surface area contributed by atoms with Crippen LogP contribution in [0.1, 0.15) is 38.5 Å². The van der Waals surface area contributed by atoms with E-state index in [-0.39, 0.29) is 0 Å². The summed E-state index contributed by atoms with van der Waals surface area (Å²) in [7, 11) is 0. The van der Waals surface area contributed by atoms with Crippen LogP contribution < -0.4 is 10.6 Å². The molecular formula is C14H24N2O. The molecular weight excluding hydrogens is 212 g/mol. The van der Waals surface area contributed by atoms with Crippen molar-refractivity contribution in [3.8, 4) is 0 Å². The summed E-state index contributed by atoms with van der Waals surface area (Å²) < 4.78 is 0. The van der Waals surface area contributed by atoms with E-state index < -0.39 is 0 Å². The van der Waals surface area contributed by atoms with E-state index in [1.54, 1.807) is 0 Å². The fraction of sp³-hybridized carbons (Fsp3) is 0.929. The van der Waals surface area contributed by atoms with E-state index in [1.165, 1.54) is 38.5 Å². The van der Waals surface area contributed by atoms with Crippen molar-refractivity contribution in [2.24, 2.45) is 23.7 Å². The quantitative estimate of drug-likeness (QED) is 0.780. The Hall–Kier alpha value is -0.570. The van der Waals surface area contributed by atoms with Crippen LogP contribution in [-0.2, 0) is 4.79 Å². The number of carbonyl (C=O) groups is 1. The summed E-state index contributed by atoms with van der Waals surface area (Å²) in [5, 5.41) is 6.58. The predicted molar refractivity (Wildman–Crippen MR) is 67.5 cm³/mol. The minimum atomic E-state index is 0.357. The van der Waals surface area contributed by atoms with Crippen LogP contribution in [0.2, 0.25) is 0 Å². The summed E-state index contributed by atoms with van der Waals surface area (Å²) >= 11 is 0. The molecule has 2 saturated carbocycles. The summed E-state index contributed by atoms with van der Waals surface area (Å²) in [4.78, 5) is 12.2. The molecule has 3 atom stereocenters. The molecule has 17 heavy (non-hydrogen) atoms. The molecule has 3 unspecified atom stereocenters. The Bertz CT molecular complexity index is 286. The van der Waals surface area contributed by atoms with Gasteiger partial charge in [-0.3, -0.25) is 4.79 Å². The first-order valence-corrected chi connectivity index (χ1v) is 7.31. The Morgan fingerprint density at radius 1 is 1.12 bits per heavy atom. The molecule has 1 heterocycles. The van der Waals surface area contributed by atoms with Gasteiger partial charge in [0, 0.05) is 12.5 Å². The van der Waals surface area contributed by atoms with E-state index >= 15 is 0 Å². The Balaban J connectivity index is 1.44. The van der Waals surface area contributed by atoms with Crippen LogP contribution in [0.4, 0.5) is 0 Å². The van der Waals surface area contributed by atoms with E-state index in [0.29, 0.717) is 23.7 Å². The van der Waals surface area contributed by atoms with Gasteiger partial charge in [-0.05, 0) is 62.9 Å². The van der Waals surface area contributed by atoms with Crippen molar-refractivity contribution in [2.75, 3.05) is 19.6 Å². The minimum absolute atomic E-state index is 0.357. The van der Waals surface area contributed by atoms with Crippen molar-refractivity contribution in [3.63, 3.8) is 0 Å². The number of hydrogen-bond acceptors (Lipinski definition) is 2. The lowest BCUT2D eigenvalue weighted by Gasteiger charge is -2.25. The van der Waals surface area contributed by atoms with Crippen molar-refractivity contribution in [3.05, 3.63) is 0 Å². The molecule has 1 aliphatic heterocycles. The molecule has 0 radical (unpaired) electrons. The Morgan fingerprint density at radius 3 is 2.59 bits per heavy atom.